The fraction of sp³-hybridized carbons (Fsp3) is 0.588. The van der Waals surface area contributed by atoms with Crippen molar-refractivity contribution in [2.24, 2.45) is 0 Å². The molecule has 0 aromatic heterocycles. The van der Waals surface area contributed by atoms with Gasteiger partial charge in [-0.25, -0.2) is 13.1 Å². The van der Waals surface area contributed by atoms with Gasteiger partial charge in [0.25, 0.3) is 5.91 Å². The Balaban J connectivity index is 1.66. The first kappa shape index (κ1) is 17.4. The molecular weight excluding hydrogens is 328 g/mol. The Morgan fingerprint density at radius 3 is 2.21 bits per heavy atom. The summed E-state index contributed by atoms with van der Waals surface area (Å²) in [5.74, 6) is -0.0364. The summed E-state index contributed by atoms with van der Waals surface area (Å²) in [5.41, 5.74) is 0.525. The highest BCUT2D eigenvalue weighted by Crippen LogP contribution is 2.21. The number of aliphatic hydroxyl groups is 1. The monoisotopic (exact) mass is 352 g/mol. The summed E-state index contributed by atoms with van der Waals surface area (Å²) in [6.45, 7) is 1.54. The Labute approximate surface area is 142 Å². The van der Waals surface area contributed by atoms with Crippen LogP contribution in [0, 0.1) is 0 Å². The SMILES string of the molecule is O=C(c1ccc(S(=O)(=O)NC2CCC(O)CC2)cc1)N1CCCC1. The van der Waals surface area contributed by atoms with Crippen LogP contribution in [0.25, 0.3) is 0 Å². The number of nitrogens with one attached hydrogen (secondary N) is 1. The summed E-state index contributed by atoms with van der Waals surface area (Å²) < 4.78 is 27.6. The molecule has 1 amide bonds. The molecule has 1 aliphatic carbocycles. The van der Waals surface area contributed by atoms with Gasteiger partial charge in [0.05, 0.1) is 11.0 Å². The van der Waals surface area contributed by atoms with Gasteiger partial charge in [-0.3, -0.25) is 4.79 Å². The van der Waals surface area contributed by atoms with Crippen molar-refractivity contribution in [2.75, 3.05) is 13.1 Å². The van der Waals surface area contributed by atoms with E-state index in [2.05, 4.69) is 4.72 Å². The summed E-state index contributed by atoms with van der Waals surface area (Å²) in [5, 5.41) is 9.50. The van der Waals surface area contributed by atoms with E-state index in [0.717, 1.165) is 25.9 Å². The van der Waals surface area contributed by atoms with Crippen molar-refractivity contribution in [3.63, 3.8) is 0 Å². The highest BCUT2D eigenvalue weighted by Gasteiger charge is 2.25. The van der Waals surface area contributed by atoms with Crippen LogP contribution in [-0.2, 0) is 10.0 Å². The lowest BCUT2D eigenvalue weighted by Gasteiger charge is -2.26. The number of sulfonamides is 1. The van der Waals surface area contributed by atoms with E-state index in [1.54, 1.807) is 17.0 Å². The van der Waals surface area contributed by atoms with Gasteiger partial charge < -0.3 is 10.0 Å². The van der Waals surface area contributed by atoms with Crippen molar-refractivity contribution in [1.29, 1.82) is 0 Å². The number of amides is 1. The number of hydrogen-bond acceptors (Lipinski definition) is 4. The zero-order valence-electron chi connectivity index (χ0n) is 13.6. The van der Waals surface area contributed by atoms with E-state index in [9.17, 15) is 18.3 Å². The number of carbonyl (C=O) groups excluding carboxylic acids is 1. The molecule has 1 heterocycles. The molecule has 6 nitrogen and oxygen atoms in total. The van der Waals surface area contributed by atoms with E-state index in [4.69, 9.17) is 0 Å². The topological polar surface area (TPSA) is 86.7 Å². The maximum Gasteiger partial charge on any atom is 0.253 e. The lowest BCUT2D eigenvalue weighted by molar-refractivity contribution is 0.0792. The maximum absolute atomic E-state index is 12.5. The Morgan fingerprint density at radius 1 is 1.04 bits per heavy atom. The molecule has 1 aliphatic heterocycles. The summed E-state index contributed by atoms with van der Waals surface area (Å²) in [6.07, 6.45) is 4.27. The molecule has 1 aromatic carbocycles. The van der Waals surface area contributed by atoms with Crippen molar-refractivity contribution in [3.05, 3.63) is 29.8 Å². The number of likely N-dealkylation sites (tertiary alicyclic amines) is 1. The molecule has 24 heavy (non-hydrogen) atoms. The molecule has 1 aromatic rings. The molecule has 0 unspecified atom stereocenters. The summed E-state index contributed by atoms with van der Waals surface area (Å²) in [6, 6.07) is 6.01. The van der Waals surface area contributed by atoms with Crippen molar-refractivity contribution < 1.29 is 18.3 Å². The standard InChI is InChI=1S/C17H24N2O4S/c20-15-7-5-14(6-8-15)18-24(22,23)16-9-3-13(4-10-16)17(21)19-11-1-2-12-19/h3-4,9-10,14-15,18,20H,1-2,5-8,11-12H2. The van der Waals surface area contributed by atoms with E-state index in [1.165, 1.54) is 12.1 Å². The van der Waals surface area contributed by atoms with Gasteiger partial charge >= 0.3 is 0 Å². The Bertz CT molecular complexity index is 673. The molecule has 1 saturated heterocycles. The zero-order chi connectivity index (χ0) is 17.2. The van der Waals surface area contributed by atoms with Gasteiger partial charge in [0.1, 0.15) is 0 Å². The Kier molecular flexibility index (Phi) is 5.22. The molecule has 1 saturated carbocycles. The normalized spacial score (nSPS) is 25.0. The van der Waals surface area contributed by atoms with Crippen LogP contribution in [0.3, 0.4) is 0 Å². The van der Waals surface area contributed by atoms with Crippen LogP contribution in [0.4, 0.5) is 0 Å². The number of benzene rings is 1. The van der Waals surface area contributed by atoms with Gasteiger partial charge in [-0.05, 0) is 62.8 Å². The fourth-order valence-electron chi connectivity index (χ4n) is 3.36. The minimum atomic E-state index is -3.60. The van der Waals surface area contributed by atoms with Gasteiger partial charge in [0, 0.05) is 24.7 Å². The van der Waals surface area contributed by atoms with E-state index >= 15 is 0 Å². The number of aliphatic hydroxyl groups excluding tert-OH is 1. The van der Waals surface area contributed by atoms with E-state index < -0.39 is 10.0 Å². The first-order chi connectivity index (χ1) is 11.5. The number of rotatable bonds is 4. The predicted molar refractivity (Wildman–Crippen MR) is 90.2 cm³/mol. The van der Waals surface area contributed by atoms with Crippen molar-refractivity contribution >= 4 is 15.9 Å². The lowest BCUT2D eigenvalue weighted by Crippen LogP contribution is -2.38. The minimum Gasteiger partial charge on any atom is -0.393 e. The van der Waals surface area contributed by atoms with Gasteiger partial charge in [0.15, 0.2) is 0 Å². The zero-order valence-corrected chi connectivity index (χ0v) is 14.5. The smallest absolute Gasteiger partial charge is 0.253 e. The minimum absolute atomic E-state index is 0.0364. The molecule has 0 radical (unpaired) electrons. The van der Waals surface area contributed by atoms with Gasteiger partial charge in [-0.1, -0.05) is 0 Å². The predicted octanol–water partition coefficient (Wildman–Crippen LogP) is 1.50. The largest absolute Gasteiger partial charge is 0.393 e. The molecule has 2 N–H and O–H groups in total. The number of nitrogens with zero attached hydrogens (tertiary/aromatic N) is 1. The van der Waals surface area contributed by atoms with Crippen LogP contribution in [-0.4, -0.2) is 49.6 Å². The van der Waals surface area contributed by atoms with Crippen LogP contribution >= 0.6 is 0 Å². The second kappa shape index (κ2) is 7.21. The second-order valence-corrected chi connectivity index (χ2v) is 8.36. The molecule has 0 bridgehead atoms. The van der Waals surface area contributed by atoms with Gasteiger partial charge in [-0.15, -0.1) is 0 Å². The second-order valence-electron chi connectivity index (χ2n) is 6.65. The first-order valence-electron chi connectivity index (χ1n) is 8.55. The average molecular weight is 352 g/mol. The summed E-state index contributed by atoms with van der Waals surface area (Å²) in [4.78, 5) is 14.3. The molecular formula is C17H24N2O4S. The maximum atomic E-state index is 12.5. The summed E-state index contributed by atoms with van der Waals surface area (Å²) >= 11 is 0. The Hall–Kier alpha value is -1.44. The molecule has 2 fully saturated rings. The third kappa shape index (κ3) is 3.96. The number of hydrogen-bond donors (Lipinski definition) is 2. The third-order valence-corrected chi connectivity index (χ3v) is 6.36. The van der Waals surface area contributed by atoms with Crippen molar-refractivity contribution in [2.45, 2.75) is 55.6 Å². The molecule has 3 rings (SSSR count). The lowest BCUT2D eigenvalue weighted by atomic mass is 9.94. The fourth-order valence-corrected chi connectivity index (χ4v) is 4.67. The van der Waals surface area contributed by atoms with Crippen LogP contribution < -0.4 is 4.72 Å². The molecule has 2 aliphatic rings. The third-order valence-electron chi connectivity index (χ3n) is 4.82. The highest BCUT2D eigenvalue weighted by atomic mass is 32.2. The molecule has 0 spiro atoms. The highest BCUT2D eigenvalue weighted by molar-refractivity contribution is 7.89. The van der Waals surface area contributed by atoms with Crippen LogP contribution in [0.1, 0.15) is 48.9 Å². The van der Waals surface area contributed by atoms with Crippen LogP contribution in [0.2, 0.25) is 0 Å². The van der Waals surface area contributed by atoms with Gasteiger partial charge in [0.2, 0.25) is 10.0 Å². The van der Waals surface area contributed by atoms with Crippen molar-refractivity contribution in [3.8, 4) is 0 Å². The summed E-state index contributed by atoms with van der Waals surface area (Å²) in [7, 11) is -3.60. The molecule has 7 heteroatoms. The number of carbonyl (C=O) groups is 1. The van der Waals surface area contributed by atoms with Crippen LogP contribution in [0.5, 0.6) is 0 Å². The van der Waals surface area contributed by atoms with Crippen LogP contribution in [0.15, 0.2) is 29.2 Å². The Morgan fingerprint density at radius 2 is 1.62 bits per heavy atom. The van der Waals surface area contributed by atoms with E-state index in [0.29, 0.717) is 31.2 Å². The molecule has 132 valence electrons. The van der Waals surface area contributed by atoms with E-state index in [-0.39, 0.29) is 22.9 Å². The first-order valence-corrected chi connectivity index (χ1v) is 10.0. The van der Waals surface area contributed by atoms with Gasteiger partial charge in [-0.2, -0.15) is 0 Å². The van der Waals surface area contributed by atoms with E-state index in [1.807, 2.05) is 0 Å². The van der Waals surface area contributed by atoms with Crippen molar-refractivity contribution in [1.82, 2.24) is 9.62 Å². The quantitative estimate of drug-likeness (QED) is 0.860. The molecule has 0 atom stereocenters. The average Bonchev–Trinajstić information content (AvgIpc) is 3.11.